The van der Waals surface area contributed by atoms with Gasteiger partial charge >= 0.3 is 17.2 Å². The second kappa shape index (κ2) is 20.0. The zero-order chi connectivity index (χ0) is 40.0. The van der Waals surface area contributed by atoms with Crippen LogP contribution < -0.4 is 46.3 Å². The molecule has 5 aromatic carbocycles. The third-order valence-electron chi connectivity index (χ3n) is 7.75. The molecule has 0 heterocycles. The molecule has 0 aliphatic rings. The van der Waals surface area contributed by atoms with Crippen LogP contribution in [0.5, 0.6) is 57.5 Å². The van der Waals surface area contributed by atoms with Gasteiger partial charge in [-0.3, -0.25) is 18.9 Å². The maximum Gasteiger partial charge on any atom is 0.530 e. The van der Waals surface area contributed by atoms with Crippen LogP contribution in [0.2, 0.25) is 0 Å². The van der Waals surface area contributed by atoms with Crippen LogP contribution in [0.15, 0.2) is 91.0 Å². The highest BCUT2D eigenvalue weighted by Gasteiger charge is 2.29. The predicted octanol–water partition coefficient (Wildman–Crippen LogP) is 9.14. The van der Waals surface area contributed by atoms with Gasteiger partial charge in [-0.15, -0.1) is 0 Å². The summed E-state index contributed by atoms with van der Waals surface area (Å²) >= 11 is 0. The molecule has 0 aliphatic carbocycles. The second-order valence-electron chi connectivity index (χ2n) is 11.4. The summed E-state index contributed by atoms with van der Waals surface area (Å²) in [4.78, 5) is 34.4. The topological polar surface area (TPSA) is 153 Å². The van der Waals surface area contributed by atoms with Crippen molar-refractivity contribution in [2.45, 2.75) is 13.5 Å². The zero-order valence-electron chi connectivity index (χ0n) is 31.2. The third-order valence-corrected chi connectivity index (χ3v) is 9.81. The highest BCUT2D eigenvalue weighted by atomic mass is 31.2. The minimum Gasteiger partial charge on any atom is -0.493 e. The molecule has 0 saturated heterocycles. The number of rotatable bonds is 21. The molecule has 14 nitrogen and oxygen atoms in total. The summed E-state index contributed by atoms with van der Waals surface area (Å²) < 4.78 is 65.6. The molecule has 16 heteroatoms. The number of ether oxygens (including phenoxy) is 5. The van der Waals surface area contributed by atoms with Crippen LogP contribution >= 0.6 is 17.2 Å². The van der Waals surface area contributed by atoms with Crippen molar-refractivity contribution in [2.75, 3.05) is 35.5 Å². The maximum atomic E-state index is 11.5. The molecule has 0 radical (unpaired) electrons. The molecule has 1 atom stereocenters. The van der Waals surface area contributed by atoms with E-state index in [1.54, 1.807) is 60.7 Å². The summed E-state index contributed by atoms with van der Waals surface area (Å²) in [7, 11) is 2.64. The molecule has 0 fully saturated rings. The van der Waals surface area contributed by atoms with Crippen LogP contribution in [0.3, 0.4) is 0 Å². The first kappa shape index (κ1) is 41.1. The highest BCUT2D eigenvalue weighted by Crippen LogP contribution is 2.52. The number of benzene rings is 5. The normalized spacial score (nSPS) is 11.1. The van der Waals surface area contributed by atoms with Gasteiger partial charge in [0.05, 0.1) is 42.2 Å². The number of aryl methyl sites for hydroxylation is 1. The van der Waals surface area contributed by atoms with Crippen molar-refractivity contribution in [3.63, 3.8) is 0 Å². The quantitative estimate of drug-likeness (QED) is 0.0512. The predicted molar refractivity (Wildman–Crippen MR) is 208 cm³/mol. The van der Waals surface area contributed by atoms with Crippen LogP contribution in [0.1, 0.15) is 42.2 Å². The Morgan fingerprint density at radius 1 is 0.446 bits per heavy atom. The van der Waals surface area contributed by atoms with Crippen molar-refractivity contribution in [3.05, 3.63) is 119 Å². The van der Waals surface area contributed by atoms with Gasteiger partial charge in [-0.1, -0.05) is 18.2 Å². The summed E-state index contributed by atoms with van der Waals surface area (Å²) in [6, 6.07) is 24.4. The van der Waals surface area contributed by atoms with E-state index in [4.69, 9.17) is 50.8 Å². The average Bonchev–Trinajstić information content (AvgIpc) is 3.23. The van der Waals surface area contributed by atoms with Gasteiger partial charge in [0.25, 0.3) is 0 Å². The van der Waals surface area contributed by atoms with Gasteiger partial charge in [-0.25, -0.2) is 0 Å². The van der Waals surface area contributed by atoms with E-state index in [9.17, 15) is 14.4 Å². The molecular formula is C40H38O14P2. The molecular weight excluding hydrogens is 766 g/mol. The Morgan fingerprint density at radius 2 is 0.857 bits per heavy atom. The van der Waals surface area contributed by atoms with Gasteiger partial charge < -0.3 is 46.3 Å². The Hall–Kier alpha value is -6.07. The van der Waals surface area contributed by atoms with Gasteiger partial charge in [-0.05, 0) is 85.3 Å². The first-order chi connectivity index (χ1) is 27.2. The van der Waals surface area contributed by atoms with Crippen molar-refractivity contribution >= 4 is 36.1 Å². The summed E-state index contributed by atoms with van der Waals surface area (Å²) in [5, 5.41) is 0. The van der Waals surface area contributed by atoms with Crippen molar-refractivity contribution in [1.82, 2.24) is 0 Å². The lowest BCUT2D eigenvalue weighted by atomic mass is 10.2. The molecule has 0 aromatic heterocycles. The van der Waals surface area contributed by atoms with Crippen molar-refractivity contribution in [3.8, 4) is 57.5 Å². The Kier molecular flexibility index (Phi) is 14.7. The highest BCUT2D eigenvalue weighted by molar-refractivity contribution is 7.43. The van der Waals surface area contributed by atoms with Crippen molar-refractivity contribution < 1.29 is 65.2 Å². The van der Waals surface area contributed by atoms with E-state index in [0.29, 0.717) is 58.4 Å². The van der Waals surface area contributed by atoms with E-state index in [2.05, 4.69) is 0 Å². The van der Waals surface area contributed by atoms with Gasteiger partial charge in [0, 0.05) is 22.3 Å². The van der Waals surface area contributed by atoms with Crippen LogP contribution in [0.25, 0.3) is 0 Å². The molecule has 5 rings (SSSR count). The van der Waals surface area contributed by atoms with Crippen LogP contribution in [-0.4, -0.2) is 54.4 Å². The van der Waals surface area contributed by atoms with Crippen LogP contribution in [0, 0.1) is 6.92 Å². The Labute approximate surface area is 326 Å². The average molecular weight is 805 g/mol. The smallest absolute Gasteiger partial charge is 0.493 e. The first-order valence-corrected chi connectivity index (χ1v) is 18.8. The van der Waals surface area contributed by atoms with E-state index >= 15 is 0 Å². The SMILES string of the molecule is COc1cc(C)ccc1OP(OCc1cccc(OC)c1OP(Oc1ccc(C=O)cc1OC)Oc1ccc(C=O)cc1OC)Oc1ccc(C=O)cc1OC. The minimum absolute atomic E-state index is 0.154. The Balaban J connectivity index is 1.51. The number of carbonyl (C=O) groups is 3. The van der Waals surface area contributed by atoms with Gasteiger partial charge in [0.15, 0.2) is 57.5 Å². The largest absolute Gasteiger partial charge is 0.530 e. The molecule has 0 amide bonds. The molecule has 292 valence electrons. The number of para-hydroxylation sites is 1. The molecule has 5 aromatic rings. The van der Waals surface area contributed by atoms with Crippen LogP contribution in [-0.2, 0) is 11.1 Å². The monoisotopic (exact) mass is 804 g/mol. The second-order valence-corrected chi connectivity index (χ2v) is 13.4. The fourth-order valence-corrected chi connectivity index (χ4v) is 7.03. The summed E-state index contributed by atoms with van der Waals surface area (Å²) in [6.45, 7) is 1.76. The number of hydrogen-bond acceptors (Lipinski definition) is 14. The molecule has 0 spiro atoms. The fourth-order valence-electron chi connectivity index (χ4n) is 4.93. The van der Waals surface area contributed by atoms with E-state index in [1.165, 1.54) is 53.7 Å². The summed E-state index contributed by atoms with van der Waals surface area (Å²) in [5.74, 6) is 2.71. The van der Waals surface area contributed by atoms with Crippen LogP contribution in [0.4, 0.5) is 0 Å². The maximum absolute atomic E-state index is 11.5. The van der Waals surface area contributed by atoms with E-state index < -0.39 is 17.2 Å². The van der Waals surface area contributed by atoms with Crippen molar-refractivity contribution in [2.24, 2.45) is 0 Å². The first-order valence-electron chi connectivity index (χ1n) is 16.6. The standard InChI is InChI=1S/C40H38O14P2/c1-26-10-14-31(36(18-26)45-3)50-55(51-32-15-11-27(22-41)19-37(32)46-4)49-25-30-8-7-9-35(44-2)40(30)54-56(52-33-16-12-28(23-42)20-38(33)47-5)53-34-17-13-29(24-43)21-39(34)48-6/h7-24H,25H2,1-6H3. The van der Waals surface area contributed by atoms with E-state index in [-0.39, 0.29) is 46.9 Å². The summed E-state index contributed by atoms with van der Waals surface area (Å²) in [6.07, 6.45) is 2.05. The number of carbonyl (C=O) groups excluding carboxylic acids is 3. The Morgan fingerprint density at radius 3 is 1.29 bits per heavy atom. The lowest BCUT2D eigenvalue weighted by molar-refractivity contribution is 0.111. The molecule has 0 saturated carbocycles. The van der Waals surface area contributed by atoms with Gasteiger partial charge in [0.2, 0.25) is 0 Å². The lowest BCUT2D eigenvalue weighted by Gasteiger charge is -2.23. The van der Waals surface area contributed by atoms with E-state index in [1.807, 2.05) is 19.1 Å². The minimum atomic E-state index is -2.42. The van der Waals surface area contributed by atoms with Gasteiger partial charge in [-0.2, -0.15) is 0 Å². The zero-order valence-corrected chi connectivity index (χ0v) is 33.0. The fraction of sp³-hybridized carbons (Fsp3) is 0.175. The summed E-state index contributed by atoms with van der Waals surface area (Å²) in [5.41, 5.74) is 2.51. The molecule has 56 heavy (non-hydrogen) atoms. The molecule has 1 unspecified atom stereocenters. The molecule has 0 bridgehead atoms. The van der Waals surface area contributed by atoms with E-state index in [0.717, 1.165) is 5.56 Å². The molecule has 0 aliphatic heterocycles. The number of methoxy groups -OCH3 is 5. The molecule has 0 N–H and O–H groups in total. The van der Waals surface area contributed by atoms with Crippen molar-refractivity contribution in [1.29, 1.82) is 0 Å². The van der Waals surface area contributed by atoms with Gasteiger partial charge in [0.1, 0.15) is 18.9 Å². The lowest BCUT2D eigenvalue weighted by Crippen LogP contribution is -2.08. The third kappa shape index (κ3) is 10.4. The number of hydrogen-bond donors (Lipinski definition) is 0. The Bertz CT molecular complexity index is 2080. The number of aldehydes is 3.